The SMILES string of the molecule is CN(C)CCCOc1cccc(C=NN)c1. The number of hydrogen-bond acceptors (Lipinski definition) is 4. The summed E-state index contributed by atoms with van der Waals surface area (Å²) < 4.78 is 5.61. The number of benzene rings is 1. The van der Waals surface area contributed by atoms with Crippen LogP contribution in [0.4, 0.5) is 0 Å². The van der Waals surface area contributed by atoms with E-state index in [9.17, 15) is 0 Å². The Balaban J connectivity index is 2.39. The van der Waals surface area contributed by atoms with E-state index in [0.29, 0.717) is 0 Å². The second-order valence-corrected chi connectivity index (χ2v) is 3.86. The Labute approximate surface area is 96.7 Å². The van der Waals surface area contributed by atoms with Gasteiger partial charge in [0.15, 0.2) is 0 Å². The average Bonchev–Trinajstić information content (AvgIpc) is 2.25. The molecular weight excluding hydrogens is 202 g/mol. The van der Waals surface area contributed by atoms with Crippen LogP contribution in [0.5, 0.6) is 5.75 Å². The summed E-state index contributed by atoms with van der Waals surface area (Å²) in [6.45, 7) is 1.76. The lowest BCUT2D eigenvalue weighted by molar-refractivity contribution is 0.281. The van der Waals surface area contributed by atoms with Gasteiger partial charge in [-0.1, -0.05) is 12.1 Å². The molecule has 0 aliphatic carbocycles. The van der Waals surface area contributed by atoms with Crippen molar-refractivity contribution < 1.29 is 4.74 Å². The van der Waals surface area contributed by atoms with E-state index in [1.54, 1.807) is 6.21 Å². The van der Waals surface area contributed by atoms with Crippen molar-refractivity contribution in [2.45, 2.75) is 6.42 Å². The van der Waals surface area contributed by atoms with Crippen molar-refractivity contribution >= 4 is 6.21 Å². The largest absolute Gasteiger partial charge is 0.494 e. The molecular formula is C12H19N3O. The first-order valence-corrected chi connectivity index (χ1v) is 5.33. The Hall–Kier alpha value is -1.55. The van der Waals surface area contributed by atoms with Crippen molar-refractivity contribution in [2.24, 2.45) is 10.9 Å². The maximum absolute atomic E-state index is 5.61. The number of rotatable bonds is 6. The van der Waals surface area contributed by atoms with Crippen LogP contribution in [0, 0.1) is 0 Å². The number of nitrogens with two attached hydrogens (primary N) is 1. The Morgan fingerprint density at radius 2 is 2.25 bits per heavy atom. The number of hydrazone groups is 1. The van der Waals surface area contributed by atoms with Crippen molar-refractivity contribution in [2.75, 3.05) is 27.2 Å². The summed E-state index contributed by atoms with van der Waals surface area (Å²) in [4.78, 5) is 2.14. The average molecular weight is 221 g/mol. The van der Waals surface area contributed by atoms with E-state index in [1.165, 1.54) is 0 Å². The van der Waals surface area contributed by atoms with Crippen LogP contribution in [-0.2, 0) is 0 Å². The van der Waals surface area contributed by atoms with Crippen LogP contribution in [0.2, 0.25) is 0 Å². The van der Waals surface area contributed by atoms with Crippen LogP contribution in [0.1, 0.15) is 12.0 Å². The zero-order valence-electron chi connectivity index (χ0n) is 9.89. The van der Waals surface area contributed by atoms with Gasteiger partial charge in [0, 0.05) is 6.54 Å². The molecule has 0 aliphatic heterocycles. The first kappa shape index (κ1) is 12.5. The highest BCUT2D eigenvalue weighted by Crippen LogP contribution is 2.12. The molecule has 0 radical (unpaired) electrons. The van der Waals surface area contributed by atoms with Gasteiger partial charge in [-0.3, -0.25) is 0 Å². The second kappa shape index (κ2) is 6.85. The van der Waals surface area contributed by atoms with Crippen molar-refractivity contribution in [3.63, 3.8) is 0 Å². The summed E-state index contributed by atoms with van der Waals surface area (Å²) >= 11 is 0. The van der Waals surface area contributed by atoms with Crippen LogP contribution in [0.15, 0.2) is 29.4 Å². The van der Waals surface area contributed by atoms with Crippen LogP contribution >= 0.6 is 0 Å². The summed E-state index contributed by atoms with van der Waals surface area (Å²) in [5.41, 5.74) is 0.951. The summed E-state index contributed by atoms with van der Waals surface area (Å²) in [6.07, 6.45) is 2.62. The van der Waals surface area contributed by atoms with Gasteiger partial charge in [0.05, 0.1) is 12.8 Å². The van der Waals surface area contributed by atoms with Gasteiger partial charge in [0.25, 0.3) is 0 Å². The zero-order chi connectivity index (χ0) is 11.8. The van der Waals surface area contributed by atoms with E-state index >= 15 is 0 Å². The molecule has 1 rings (SSSR count). The third-order valence-corrected chi connectivity index (χ3v) is 2.10. The maximum atomic E-state index is 5.61. The summed E-state index contributed by atoms with van der Waals surface area (Å²) in [6, 6.07) is 7.72. The number of nitrogens with zero attached hydrogens (tertiary/aromatic N) is 2. The van der Waals surface area contributed by atoms with Crippen molar-refractivity contribution in [1.82, 2.24) is 4.90 Å². The molecule has 0 aliphatic rings. The third-order valence-electron chi connectivity index (χ3n) is 2.10. The first-order chi connectivity index (χ1) is 7.72. The molecule has 4 heteroatoms. The molecule has 0 bridgehead atoms. The first-order valence-electron chi connectivity index (χ1n) is 5.33. The summed E-state index contributed by atoms with van der Waals surface area (Å²) in [5, 5.41) is 3.48. The van der Waals surface area contributed by atoms with Crippen LogP contribution in [-0.4, -0.2) is 38.4 Å². The van der Waals surface area contributed by atoms with Gasteiger partial charge >= 0.3 is 0 Å². The molecule has 4 nitrogen and oxygen atoms in total. The van der Waals surface area contributed by atoms with Crippen LogP contribution in [0.3, 0.4) is 0 Å². The van der Waals surface area contributed by atoms with Crippen molar-refractivity contribution in [3.8, 4) is 5.75 Å². The fourth-order valence-electron chi connectivity index (χ4n) is 1.34. The van der Waals surface area contributed by atoms with Gasteiger partial charge in [-0.2, -0.15) is 5.10 Å². The zero-order valence-corrected chi connectivity index (χ0v) is 9.89. The molecule has 0 unspecified atom stereocenters. The molecule has 0 aromatic heterocycles. The molecule has 1 aromatic rings. The van der Waals surface area contributed by atoms with E-state index < -0.39 is 0 Å². The van der Waals surface area contributed by atoms with Crippen molar-refractivity contribution in [3.05, 3.63) is 29.8 Å². The van der Waals surface area contributed by atoms with Gasteiger partial charge in [-0.15, -0.1) is 0 Å². The Morgan fingerprint density at radius 3 is 2.94 bits per heavy atom. The lowest BCUT2D eigenvalue weighted by Crippen LogP contribution is -2.15. The highest BCUT2D eigenvalue weighted by atomic mass is 16.5. The topological polar surface area (TPSA) is 50.8 Å². The monoisotopic (exact) mass is 221 g/mol. The second-order valence-electron chi connectivity index (χ2n) is 3.86. The number of hydrogen-bond donors (Lipinski definition) is 1. The minimum atomic E-state index is 0.724. The Kier molecular flexibility index (Phi) is 5.36. The molecule has 88 valence electrons. The van der Waals surface area contributed by atoms with E-state index in [1.807, 2.05) is 24.3 Å². The quantitative estimate of drug-likeness (QED) is 0.341. The standard InChI is InChI=1S/C12H19N3O/c1-15(2)7-4-8-16-12-6-3-5-11(9-12)10-14-13/h3,5-6,9-10H,4,7-8,13H2,1-2H3. The lowest BCUT2D eigenvalue weighted by atomic mass is 10.2. The third kappa shape index (κ3) is 4.79. The number of ether oxygens (including phenoxy) is 1. The van der Waals surface area contributed by atoms with Crippen molar-refractivity contribution in [1.29, 1.82) is 0 Å². The molecule has 0 heterocycles. The molecule has 0 spiro atoms. The predicted octanol–water partition coefficient (Wildman–Crippen LogP) is 1.31. The van der Waals surface area contributed by atoms with E-state index in [2.05, 4.69) is 24.1 Å². The summed E-state index contributed by atoms with van der Waals surface area (Å²) in [5.74, 6) is 5.95. The molecule has 0 fully saturated rings. The van der Waals surface area contributed by atoms with E-state index in [4.69, 9.17) is 10.6 Å². The highest BCUT2D eigenvalue weighted by Gasteiger charge is 1.96. The van der Waals surface area contributed by atoms with Gasteiger partial charge in [-0.25, -0.2) is 0 Å². The van der Waals surface area contributed by atoms with E-state index in [0.717, 1.165) is 30.9 Å². The molecule has 2 N–H and O–H groups in total. The molecule has 0 amide bonds. The van der Waals surface area contributed by atoms with Crippen LogP contribution in [0.25, 0.3) is 0 Å². The van der Waals surface area contributed by atoms with Gasteiger partial charge in [-0.05, 0) is 38.2 Å². The fraction of sp³-hybridized carbons (Fsp3) is 0.417. The predicted molar refractivity (Wildman–Crippen MR) is 66.9 cm³/mol. The Morgan fingerprint density at radius 1 is 1.44 bits per heavy atom. The minimum Gasteiger partial charge on any atom is -0.494 e. The molecule has 0 atom stereocenters. The molecule has 0 saturated heterocycles. The van der Waals surface area contributed by atoms with E-state index in [-0.39, 0.29) is 0 Å². The van der Waals surface area contributed by atoms with Gasteiger partial charge in [0.2, 0.25) is 0 Å². The molecule has 1 aromatic carbocycles. The van der Waals surface area contributed by atoms with Gasteiger partial charge < -0.3 is 15.5 Å². The maximum Gasteiger partial charge on any atom is 0.119 e. The molecule has 16 heavy (non-hydrogen) atoms. The highest BCUT2D eigenvalue weighted by molar-refractivity contribution is 5.79. The lowest BCUT2D eigenvalue weighted by Gasteiger charge is -2.10. The Bertz CT molecular complexity index is 337. The van der Waals surface area contributed by atoms with Crippen LogP contribution < -0.4 is 10.6 Å². The van der Waals surface area contributed by atoms with Gasteiger partial charge in [0.1, 0.15) is 5.75 Å². The molecule has 0 saturated carbocycles. The summed E-state index contributed by atoms with van der Waals surface area (Å²) in [7, 11) is 4.11. The fourth-order valence-corrected chi connectivity index (χ4v) is 1.34. The normalized spacial score (nSPS) is 11.2. The smallest absolute Gasteiger partial charge is 0.119 e. The minimum absolute atomic E-state index is 0.724.